The highest BCUT2D eigenvalue weighted by Gasteiger charge is 2.21. The molecule has 0 saturated heterocycles. The van der Waals surface area contributed by atoms with Crippen LogP contribution in [-0.4, -0.2) is 0 Å². The van der Waals surface area contributed by atoms with Crippen LogP contribution in [-0.2, 0) is 12.2 Å². The normalized spacial score (nSPS) is 13.8. The average Bonchev–Trinajstić information content (AvgIpc) is 2.11. The van der Waals surface area contributed by atoms with E-state index in [1.807, 2.05) is 6.07 Å². The first kappa shape index (κ1) is 14.4. The predicted octanol–water partition coefficient (Wildman–Crippen LogP) is 5.62. The van der Waals surface area contributed by atoms with Gasteiger partial charge in [-0.25, -0.2) is 0 Å². The molecule has 0 N–H and O–H groups in total. The van der Waals surface area contributed by atoms with Gasteiger partial charge in [-0.3, -0.25) is 0 Å². The fourth-order valence-corrected chi connectivity index (χ4v) is 2.14. The average molecular weight is 264 g/mol. The molecule has 0 atom stereocenters. The first-order valence-corrected chi connectivity index (χ1v) is 7.14. The van der Waals surface area contributed by atoms with Crippen molar-refractivity contribution in [1.29, 1.82) is 0 Å². The van der Waals surface area contributed by atoms with Crippen LogP contribution in [0.4, 0.5) is 11.7 Å². The zero-order valence-corrected chi connectivity index (χ0v) is 11.3. The third-order valence-corrected chi connectivity index (χ3v) is 3.15. The molecule has 0 heterocycles. The van der Waals surface area contributed by atoms with E-state index in [9.17, 15) is 11.7 Å². The molecule has 0 fully saturated rings. The number of hydrogen-bond acceptors (Lipinski definition) is 0. The molecule has 0 nitrogen and oxygen atoms in total. The topological polar surface area (TPSA) is 0 Å². The van der Waals surface area contributed by atoms with Crippen molar-refractivity contribution >= 4 is 11.2 Å². The summed E-state index contributed by atoms with van der Waals surface area (Å²) in [6.07, 6.45) is 1.82. The van der Waals surface area contributed by atoms with E-state index in [2.05, 4.69) is 20.8 Å². The summed E-state index contributed by atoms with van der Waals surface area (Å²) in [7, 11) is 0. The largest absolute Gasteiger partial charge is 0.213 e. The van der Waals surface area contributed by atoms with Crippen LogP contribution in [0.1, 0.15) is 38.3 Å². The Bertz CT molecular complexity index is 364. The third-order valence-electron chi connectivity index (χ3n) is 2.49. The first-order valence-electron chi connectivity index (χ1n) is 5.63. The standard InChI is InChI=1S/C13H19F3S/c1-13(2,3)8-7-11-5-4-6-12(9-11)10-17(14,15)16/h4-6,9H,7-8,10H2,1-3H3. The van der Waals surface area contributed by atoms with Crippen LogP contribution in [0.25, 0.3) is 0 Å². The molecule has 0 aliphatic rings. The van der Waals surface area contributed by atoms with E-state index in [1.165, 1.54) is 0 Å². The zero-order valence-electron chi connectivity index (χ0n) is 10.5. The molecule has 0 amide bonds. The minimum atomic E-state index is -4.94. The Kier molecular flexibility index (Phi) is 4.53. The molecular formula is C13H19F3S. The Labute approximate surface area is 103 Å². The van der Waals surface area contributed by atoms with Crippen molar-refractivity contribution in [1.82, 2.24) is 0 Å². The van der Waals surface area contributed by atoms with Gasteiger partial charge < -0.3 is 0 Å². The van der Waals surface area contributed by atoms with Crippen LogP contribution in [0.2, 0.25) is 0 Å². The third kappa shape index (κ3) is 6.61. The van der Waals surface area contributed by atoms with Crippen molar-refractivity contribution in [2.45, 2.75) is 39.4 Å². The van der Waals surface area contributed by atoms with Gasteiger partial charge in [-0.15, -0.1) is 11.7 Å². The molecule has 0 unspecified atom stereocenters. The lowest BCUT2D eigenvalue weighted by atomic mass is 9.88. The van der Waals surface area contributed by atoms with Gasteiger partial charge in [-0.2, -0.15) is 0 Å². The molecule has 0 bridgehead atoms. The van der Waals surface area contributed by atoms with E-state index in [0.717, 1.165) is 18.4 Å². The second-order valence-electron chi connectivity index (χ2n) is 5.53. The van der Waals surface area contributed by atoms with Crippen LogP contribution >= 0.6 is 11.2 Å². The summed E-state index contributed by atoms with van der Waals surface area (Å²) in [4.78, 5) is 0. The highest BCUT2D eigenvalue weighted by Crippen LogP contribution is 2.55. The van der Waals surface area contributed by atoms with E-state index >= 15 is 0 Å². The van der Waals surface area contributed by atoms with Crippen LogP contribution in [0.15, 0.2) is 24.3 Å². The van der Waals surface area contributed by atoms with Crippen LogP contribution in [0.3, 0.4) is 0 Å². The Hall–Kier alpha value is -0.640. The monoisotopic (exact) mass is 264 g/mol. The van der Waals surface area contributed by atoms with Gasteiger partial charge in [0.25, 0.3) is 0 Å². The molecule has 4 heteroatoms. The summed E-state index contributed by atoms with van der Waals surface area (Å²) >= 11 is -4.94. The number of hydrogen-bond donors (Lipinski definition) is 0. The van der Waals surface area contributed by atoms with Gasteiger partial charge in [-0.1, -0.05) is 45.0 Å². The van der Waals surface area contributed by atoms with E-state index in [0.29, 0.717) is 5.56 Å². The maximum atomic E-state index is 12.3. The van der Waals surface area contributed by atoms with E-state index in [1.54, 1.807) is 18.2 Å². The van der Waals surface area contributed by atoms with Gasteiger partial charge in [0.1, 0.15) is 0 Å². The van der Waals surface area contributed by atoms with Crippen LogP contribution in [0, 0.1) is 5.41 Å². The van der Waals surface area contributed by atoms with Crippen molar-refractivity contribution in [2.24, 2.45) is 5.41 Å². The molecule has 1 aromatic carbocycles. The van der Waals surface area contributed by atoms with Crippen molar-refractivity contribution in [3.05, 3.63) is 35.4 Å². The van der Waals surface area contributed by atoms with E-state index < -0.39 is 16.9 Å². The summed E-state index contributed by atoms with van der Waals surface area (Å²) in [5, 5.41) is 0. The van der Waals surface area contributed by atoms with Gasteiger partial charge in [0.2, 0.25) is 11.2 Å². The molecular weight excluding hydrogens is 245 g/mol. The molecule has 0 aromatic heterocycles. The lowest BCUT2D eigenvalue weighted by molar-refractivity contribution is 0.378. The summed E-state index contributed by atoms with van der Waals surface area (Å²) in [5.41, 5.74) is 1.60. The van der Waals surface area contributed by atoms with Gasteiger partial charge in [-0.05, 0) is 29.4 Å². The van der Waals surface area contributed by atoms with Crippen molar-refractivity contribution in [3.8, 4) is 0 Å². The highest BCUT2D eigenvalue weighted by atomic mass is 32.3. The quantitative estimate of drug-likeness (QED) is 0.661. The van der Waals surface area contributed by atoms with Gasteiger partial charge in [0, 0.05) is 0 Å². The SMILES string of the molecule is CC(C)(C)CCc1cccc(CS(F)(F)F)c1. The van der Waals surface area contributed by atoms with Crippen molar-refractivity contribution in [3.63, 3.8) is 0 Å². The lowest BCUT2D eigenvalue weighted by Gasteiger charge is -2.18. The fourth-order valence-electron chi connectivity index (χ4n) is 1.58. The molecule has 17 heavy (non-hydrogen) atoms. The Morgan fingerprint density at radius 3 is 2.18 bits per heavy atom. The molecule has 0 aliphatic heterocycles. The van der Waals surface area contributed by atoms with Crippen molar-refractivity contribution in [2.75, 3.05) is 0 Å². The smallest absolute Gasteiger partial charge is 0.125 e. The summed E-state index contributed by atoms with van der Waals surface area (Å²) < 4.78 is 37.0. The molecule has 0 saturated carbocycles. The second kappa shape index (κ2) is 5.34. The Morgan fingerprint density at radius 1 is 1.06 bits per heavy atom. The van der Waals surface area contributed by atoms with E-state index in [4.69, 9.17) is 0 Å². The second-order valence-corrected chi connectivity index (χ2v) is 6.82. The minimum Gasteiger partial charge on any atom is -0.125 e. The lowest BCUT2D eigenvalue weighted by Crippen LogP contribution is -2.06. The number of rotatable bonds is 4. The molecule has 1 rings (SSSR count). The summed E-state index contributed by atoms with van der Waals surface area (Å²) in [5.74, 6) is -0.754. The molecule has 1 aromatic rings. The van der Waals surface area contributed by atoms with Gasteiger partial charge in [0.15, 0.2) is 0 Å². The van der Waals surface area contributed by atoms with Crippen LogP contribution < -0.4 is 0 Å². The van der Waals surface area contributed by atoms with Crippen LogP contribution in [0.5, 0.6) is 0 Å². The first-order chi connectivity index (χ1) is 7.66. The number of aryl methyl sites for hydroxylation is 1. The van der Waals surface area contributed by atoms with Crippen molar-refractivity contribution < 1.29 is 11.7 Å². The Morgan fingerprint density at radius 2 is 1.65 bits per heavy atom. The summed E-state index contributed by atoms with van der Waals surface area (Å²) in [6, 6.07) is 6.87. The summed E-state index contributed by atoms with van der Waals surface area (Å²) in [6.45, 7) is 6.41. The van der Waals surface area contributed by atoms with E-state index in [-0.39, 0.29) is 5.41 Å². The predicted molar refractivity (Wildman–Crippen MR) is 68.8 cm³/mol. The maximum Gasteiger partial charge on any atom is 0.213 e. The minimum absolute atomic E-state index is 0.214. The maximum absolute atomic E-state index is 12.3. The number of benzene rings is 1. The molecule has 0 radical (unpaired) electrons. The van der Waals surface area contributed by atoms with Gasteiger partial charge >= 0.3 is 0 Å². The Balaban J connectivity index is 2.66. The molecule has 98 valence electrons. The highest BCUT2D eigenvalue weighted by molar-refractivity contribution is 8.20. The molecule has 0 aliphatic carbocycles. The molecule has 0 spiro atoms. The fraction of sp³-hybridized carbons (Fsp3) is 0.538. The number of halogens is 3. The zero-order chi connectivity index (χ0) is 13.1. The van der Waals surface area contributed by atoms with Gasteiger partial charge in [0.05, 0.1) is 5.75 Å².